The Morgan fingerprint density at radius 1 is 1.37 bits per heavy atom. The molecule has 1 fully saturated rings. The third-order valence-corrected chi connectivity index (χ3v) is 4.10. The predicted octanol–water partition coefficient (Wildman–Crippen LogP) is 1.27. The molecule has 2 rings (SSSR count). The molecule has 2 heterocycles. The molecule has 1 aromatic heterocycles. The molecule has 0 saturated carbocycles. The molecule has 0 spiro atoms. The summed E-state index contributed by atoms with van der Waals surface area (Å²) in [7, 11) is 0. The Morgan fingerprint density at radius 3 is 2.79 bits per heavy atom. The normalized spacial score (nSPS) is 20.5. The van der Waals surface area contributed by atoms with Crippen LogP contribution in [0.1, 0.15) is 26.7 Å². The summed E-state index contributed by atoms with van der Waals surface area (Å²) in [5.74, 6) is 0.614. The minimum atomic E-state index is 0.614. The van der Waals surface area contributed by atoms with Crippen molar-refractivity contribution in [3.63, 3.8) is 0 Å². The third-order valence-electron chi connectivity index (χ3n) is 4.10. The molecule has 108 valence electrons. The summed E-state index contributed by atoms with van der Waals surface area (Å²) in [5.41, 5.74) is 5.61. The van der Waals surface area contributed by atoms with Gasteiger partial charge in [-0.15, -0.1) is 0 Å². The Balaban J connectivity index is 1.67. The fourth-order valence-corrected chi connectivity index (χ4v) is 3.01. The van der Waals surface area contributed by atoms with Gasteiger partial charge in [0.1, 0.15) is 5.82 Å². The van der Waals surface area contributed by atoms with E-state index in [-0.39, 0.29) is 0 Å². The van der Waals surface area contributed by atoms with E-state index in [1.807, 2.05) is 16.9 Å². The molecular weight excluding hydrogens is 238 g/mol. The van der Waals surface area contributed by atoms with E-state index < -0.39 is 0 Å². The zero-order chi connectivity index (χ0) is 13.7. The number of hydrogen-bond acceptors (Lipinski definition) is 4. The fraction of sp³-hybridized carbons (Fsp3) is 0.786. The van der Waals surface area contributed by atoms with Crippen molar-refractivity contribution in [3.05, 3.63) is 12.3 Å². The Kier molecular flexibility index (Phi) is 5.22. The summed E-state index contributed by atoms with van der Waals surface area (Å²) in [6.45, 7) is 11.4. The average molecular weight is 265 g/mol. The first-order valence-corrected chi connectivity index (χ1v) is 7.48. The van der Waals surface area contributed by atoms with Crippen LogP contribution in [-0.2, 0) is 6.54 Å². The second kappa shape index (κ2) is 6.91. The van der Waals surface area contributed by atoms with Gasteiger partial charge in [0.15, 0.2) is 0 Å². The van der Waals surface area contributed by atoms with Crippen LogP contribution in [0.2, 0.25) is 0 Å². The van der Waals surface area contributed by atoms with E-state index >= 15 is 0 Å². The molecule has 5 nitrogen and oxygen atoms in total. The van der Waals surface area contributed by atoms with Crippen LogP contribution >= 0.6 is 0 Å². The van der Waals surface area contributed by atoms with Crippen LogP contribution in [0, 0.1) is 0 Å². The maximum Gasteiger partial charge on any atom is 0.145 e. The van der Waals surface area contributed by atoms with Gasteiger partial charge in [0.25, 0.3) is 0 Å². The van der Waals surface area contributed by atoms with Crippen molar-refractivity contribution in [1.82, 2.24) is 19.6 Å². The van der Waals surface area contributed by atoms with Gasteiger partial charge in [-0.2, -0.15) is 5.10 Å². The van der Waals surface area contributed by atoms with Crippen molar-refractivity contribution >= 4 is 5.82 Å². The summed E-state index contributed by atoms with van der Waals surface area (Å²) >= 11 is 0. The SMILES string of the molecule is CCN(CC)C1CCN(CCCn2ccc(N)n2)C1. The number of aromatic nitrogens is 2. The van der Waals surface area contributed by atoms with Gasteiger partial charge >= 0.3 is 0 Å². The van der Waals surface area contributed by atoms with E-state index in [0.29, 0.717) is 5.82 Å². The summed E-state index contributed by atoms with van der Waals surface area (Å²) in [4.78, 5) is 5.16. The van der Waals surface area contributed by atoms with Crippen LogP contribution in [0.3, 0.4) is 0 Å². The second-order valence-electron chi connectivity index (χ2n) is 5.32. The van der Waals surface area contributed by atoms with Crippen LogP contribution in [0.5, 0.6) is 0 Å². The highest BCUT2D eigenvalue weighted by molar-refractivity contribution is 5.23. The molecule has 0 aromatic carbocycles. The first kappa shape index (κ1) is 14.3. The number of anilines is 1. The maximum absolute atomic E-state index is 5.61. The van der Waals surface area contributed by atoms with Crippen LogP contribution in [0.15, 0.2) is 12.3 Å². The molecule has 2 N–H and O–H groups in total. The van der Waals surface area contributed by atoms with Gasteiger partial charge in [-0.3, -0.25) is 9.58 Å². The number of rotatable bonds is 7. The lowest BCUT2D eigenvalue weighted by Gasteiger charge is -2.26. The van der Waals surface area contributed by atoms with Gasteiger partial charge in [0, 0.05) is 25.3 Å². The maximum atomic E-state index is 5.61. The minimum absolute atomic E-state index is 0.614. The Hall–Kier alpha value is -1.07. The summed E-state index contributed by atoms with van der Waals surface area (Å²) < 4.78 is 1.94. The number of likely N-dealkylation sites (tertiary alicyclic amines) is 1. The molecule has 0 amide bonds. The lowest BCUT2D eigenvalue weighted by molar-refractivity contribution is 0.209. The molecule has 1 atom stereocenters. The van der Waals surface area contributed by atoms with Crippen molar-refractivity contribution < 1.29 is 0 Å². The summed E-state index contributed by atoms with van der Waals surface area (Å²) in [6, 6.07) is 2.61. The Labute approximate surface area is 116 Å². The molecular formula is C14H27N5. The smallest absolute Gasteiger partial charge is 0.145 e. The van der Waals surface area contributed by atoms with E-state index in [9.17, 15) is 0 Å². The van der Waals surface area contributed by atoms with Gasteiger partial charge in [0.2, 0.25) is 0 Å². The molecule has 0 radical (unpaired) electrons. The van der Waals surface area contributed by atoms with Crippen LogP contribution in [0.4, 0.5) is 5.82 Å². The molecule has 0 aliphatic carbocycles. The summed E-state index contributed by atoms with van der Waals surface area (Å²) in [5, 5.41) is 4.21. The van der Waals surface area contributed by atoms with E-state index in [1.165, 1.54) is 32.6 Å². The summed E-state index contributed by atoms with van der Waals surface area (Å²) in [6.07, 6.45) is 4.42. The number of nitrogen functional groups attached to an aromatic ring is 1. The molecule has 5 heteroatoms. The zero-order valence-electron chi connectivity index (χ0n) is 12.3. The molecule has 1 unspecified atom stereocenters. The van der Waals surface area contributed by atoms with Gasteiger partial charge in [-0.1, -0.05) is 13.8 Å². The molecule has 1 aliphatic rings. The number of nitrogens with two attached hydrogens (primary N) is 1. The Morgan fingerprint density at radius 2 is 2.16 bits per heavy atom. The first-order chi connectivity index (χ1) is 9.22. The molecule has 19 heavy (non-hydrogen) atoms. The Bertz CT molecular complexity index is 372. The number of likely N-dealkylation sites (N-methyl/N-ethyl adjacent to an activating group) is 1. The highest BCUT2D eigenvalue weighted by Gasteiger charge is 2.25. The predicted molar refractivity (Wildman–Crippen MR) is 79.0 cm³/mol. The molecule has 1 saturated heterocycles. The minimum Gasteiger partial charge on any atom is -0.382 e. The van der Waals surface area contributed by atoms with E-state index in [2.05, 4.69) is 28.7 Å². The lowest BCUT2D eigenvalue weighted by Crippen LogP contribution is -2.37. The largest absolute Gasteiger partial charge is 0.382 e. The number of hydrogen-bond donors (Lipinski definition) is 1. The van der Waals surface area contributed by atoms with Gasteiger partial charge in [-0.05, 0) is 45.1 Å². The van der Waals surface area contributed by atoms with Crippen molar-refractivity contribution in [2.75, 3.05) is 38.5 Å². The average Bonchev–Trinajstić information content (AvgIpc) is 3.01. The zero-order valence-corrected chi connectivity index (χ0v) is 12.3. The van der Waals surface area contributed by atoms with Crippen molar-refractivity contribution in [2.45, 2.75) is 39.3 Å². The van der Waals surface area contributed by atoms with E-state index in [4.69, 9.17) is 5.73 Å². The molecule has 1 aromatic rings. The van der Waals surface area contributed by atoms with Gasteiger partial charge in [-0.25, -0.2) is 0 Å². The first-order valence-electron chi connectivity index (χ1n) is 7.48. The van der Waals surface area contributed by atoms with Crippen LogP contribution < -0.4 is 5.73 Å². The van der Waals surface area contributed by atoms with Crippen molar-refractivity contribution in [1.29, 1.82) is 0 Å². The quantitative estimate of drug-likeness (QED) is 0.806. The van der Waals surface area contributed by atoms with Crippen molar-refractivity contribution in [2.24, 2.45) is 0 Å². The van der Waals surface area contributed by atoms with Gasteiger partial charge < -0.3 is 10.6 Å². The number of nitrogens with zero attached hydrogens (tertiary/aromatic N) is 4. The van der Waals surface area contributed by atoms with E-state index in [0.717, 1.165) is 25.6 Å². The number of aryl methyl sites for hydroxylation is 1. The fourth-order valence-electron chi connectivity index (χ4n) is 3.01. The van der Waals surface area contributed by atoms with Crippen LogP contribution in [-0.4, -0.2) is 58.3 Å². The van der Waals surface area contributed by atoms with E-state index in [1.54, 1.807) is 0 Å². The monoisotopic (exact) mass is 265 g/mol. The van der Waals surface area contributed by atoms with Crippen LogP contribution in [0.25, 0.3) is 0 Å². The van der Waals surface area contributed by atoms with Crippen molar-refractivity contribution in [3.8, 4) is 0 Å². The topological polar surface area (TPSA) is 50.3 Å². The third kappa shape index (κ3) is 3.94. The highest BCUT2D eigenvalue weighted by atomic mass is 15.3. The van der Waals surface area contributed by atoms with Gasteiger partial charge in [0.05, 0.1) is 0 Å². The lowest BCUT2D eigenvalue weighted by atomic mass is 10.2. The standard InChI is InChI=1S/C14H27N5/c1-3-18(4-2)13-6-10-17(12-13)8-5-9-19-11-7-14(15)16-19/h7,11,13H,3-6,8-10,12H2,1-2H3,(H2,15,16). The second-order valence-corrected chi connectivity index (χ2v) is 5.32. The molecule has 0 bridgehead atoms. The highest BCUT2D eigenvalue weighted by Crippen LogP contribution is 2.15. The molecule has 1 aliphatic heterocycles.